The molecule has 1 atom stereocenters. The summed E-state index contributed by atoms with van der Waals surface area (Å²) in [7, 11) is 3.59. The van der Waals surface area contributed by atoms with Crippen molar-refractivity contribution in [3.05, 3.63) is 72.2 Å². The van der Waals surface area contributed by atoms with E-state index in [1.54, 1.807) is 61.2 Å². The smallest absolute Gasteiger partial charge is 0.369 e. The van der Waals surface area contributed by atoms with Gasteiger partial charge in [0.25, 0.3) is 0 Å². The summed E-state index contributed by atoms with van der Waals surface area (Å²) in [5, 5.41) is 8.97. The van der Waals surface area contributed by atoms with E-state index in [0.717, 1.165) is 12.4 Å². The van der Waals surface area contributed by atoms with Crippen LogP contribution in [0, 0.1) is 12.7 Å². The van der Waals surface area contributed by atoms with Crippen LogP contribution in [0.25, 0.3) is 27.8 Å². The number of aliphatic imine (C=N–C) groups is 1. The van der Waals surface area contributed by atoms with E-state index in [2.05, 4.69) is 35.2 Å². The van der Waals surface area contributed by atoms with Crippen LogP contribution in [0.4, 0.5) is 23.4 Å². The number of nitrogens with zero attached hydrogens (tertiary/aromatic N) is 10. The van der Waals surface area contributed by atoms with Crippen molar-refractivity contribution in [3.63, 3.8) is 0 Å². The maximum absolute atomic E-state index is 14.5. The molecule has 5 rings (SSSR count). The molecule has 0 spiro atoms. The molecule has 0 N–H and O–H groups in total. The van der Waals surface area contributed by atoms with E-state index in [4.69, 9.17) is 0 Å². The van der Waals surface area contributed by atoms with E-state index < -0.39 is 23.9 Å². The molecule has 0 radical (unpaired) electrons. The summed E-state index contributed by atoms with van der Waals surface area (Å²) in [6.45, 7) is 3.64. The van der Waals surface area contributed by atoms with E-state index in [1.807, 2.05) is 6.92 Å². The van der Waals surface area contributed by atoms with Gasteiger partial charge >= 0.3 is 6.18 Å². The van der Waals surface area contributed by atoms with Crippen molar-refractivity contribution < 1.29 is 17.6 Å². The number of para-hydroxylation sites is 1. The number of hydrogen-bond donors (Lipinski definition) is 0. The first-order valence-electron chi connectivity index (χ1n) is 11.7. The molecule has 10 nitrogen and oxygen atoms in total. The summed E-state index contributed by atoms with van der Waals surface area (Å²) < 4.78 is 56.9. The fourth-order valence-electron chi connectivity index (χ4n) is 4.18. The highest BCUT2D eigenvalue weighted by Gasteiger charge is 2.34. The molecule has 1 unspecified atom stereocenters. The lowest BCUT2D eigenvalue weighted by atomic mass is 10.1. The Morgan fingerprint density at radius 2 is 1.77 bits per heavy atom. The largest absolute Gasteiger partial charge is 0.451 e. The Bertz CT molecular complexity index is 1670. The summed E-state index contributed by atoms with van der Waals surface area (Å²) in [6.07, 6.45) is 2.15. The van der Waals surface area contributed by atoms with Crippen molar-refractivity contribution in [2.24, 2.45) is 4.99 Å². The highest BCUT2D eigenvalue weighted by molar-refractivity contribution is 6.01. The minimum atomic E-state index is -4.67. The van der Waals surface area contributed by atoms with Gasteiger partial charge in [-0.15, -0.1) is 5.10 Å². The van der Waals surface area contributed by atoms with Crippen LogP contribution in [0.5, 0.6) is 0 Å². The van der Waals surface area contributed by atoms with Crippen LogP contribution >= 0.6 is 0 Å². The molecule has 200 valence electrons. The first-order valence-corrected chi connectivity index (χ1v) is 11.7. The molecule has 0 saturated carbocycles. The monoisotopic (exact) mass is 538 g/mol. The average molecular weight is 539 g/mol. The molecule has 0 bridgehead atoms. The normalized spacial score (nSPS) is 12.9. The molecule has 39 heavy (non-hydrogen) atoms. The quantitative estimate of drug-likeness (QED) is 0.174. The van der Waals surface area contributed by atoms with Gasteiger partial charge in [0.15, 0.2) is 5.82 Å². The second-order valence-electron chi connectivity index (χ2n) is 8.95. The zero-order chi connectivity index (χ0) is 27.9. The van der Waals surface area contributed by atoms with Gasteiger partial charge in [0.2, 0.25) is 5.82 Å². The second-order valence-corrected chi connectivity index (χ2v) is 8.95. The third kappa shape index (κ3) is 4.80. The molecule has 0 aliphatic rings. The molecule has 14 heteroatoms. The Labute approximate surface area is 219 Å². The molecule has 5 aromatic rings. The number of halogens is 4. The van der Waals surface area contributed by atoms with E-state index in [0.29, 0.717) is 39.4 Å². The van der Waals surface area contributed by atoms with Crippen LogP contribution in [0.2, 0.25) is 0 Å². The summed E-state index contributed by atoms with van der Waals surface area (Å²) in [5.41, 5.74) is 2.66. The fourth-order valence-corrected chi connectivity index (χ4v) is 4.18. The number of fused-ring (bicyclic) bond motifs is 1. The van der Waals surface area contributed by atoms with Crippen LogP contribution in [0.3, 0.4) is 0 Å². The van der Waals surface area contributed by atoms with Gasteiger partial charge in [-0.2, -0.15) is 13.2 Å². The van der Waals surface area contributed by atoms with E-state index in [-0.39, 0.29) is 5.69 Å². The summed E-state index contributed by atoms with van der Waals surface area (Å²) in [5.74, 6) is -1.39. The van der Waals surface area contributed by atoms with Gasteiger partial charge < -0.3 is 9.47 Å². The first-order chi connectivity index (χ1) is 18.6. The van der Waals surface area contributed by atoms with Crippen LogP contribution in [0.1, 0.15) is 30.2 Å². The Morgan fingerprint density at radius 3 is 2.44 bits per heavy atom. The molecule has 1 aromatic carbocycles. The number of alkyl halides is 3. The maximum atomic E-state index is 14.5. The summed E-state index contributed by atoms with van der Waals surface area (Å²) in [4.78, 5) is 21.9. The van der Waals surface area contributed by atoms with Crippen molar-refractivity contribution >= 4 is 23.2 Å². The molecule has 0 aliphatic carbocycles. The standard InChI is InChI=1S/C25H22F4N10/c1-14(21-15(2)39(36-35-21)19-8-6-5-7-18(19)26)38-11-17(16-9-30-24(31-10-16)25(27,28)29)20-22(34-13-37(3)4)32-12-33-23(20)38/h5-14H,1-4H3. The topological polar surface area (TPSA) is 103 Å². The predicted octanol–water partition coefficient (Wildman–Crippen LogP) is 4.77. The van der Waals surface area contributed by atoms with Crippen molar-refractivity contribution in [2.75, 3.05) is 14.1 Å². The molecule has 0 fully saturated rings. The number of benzene rings is 1. The lowest BCUT2D eigenvalue weighted by molar-refractivity contribution is -0.144. The Kier molecular flexibility index (Phi) is 6.54. The maximum Gasteiger partial charge on any atom is 0.451 e. The summed E-state index contributed by atoms with van der Waals surface area (Å²) in [6, 6.07) is 5.76. The molecule has 0 amide bonds. The zero-order valence-corrected chi connectivity index (χ0v) is 21.3. The lowest BCUT2D eigenvalue weighted by Crippen LogP contribution is -2.10. The third-order valence-electron chi connectivity index (χ3n) is 6.04. The predicted molar refractivity (Wildman–Crippen MR) is 135 cm³/mol. The number of rotatable bonds is 6. The Morgan fingerprint density at radius 1 is 1.05 bits per heavy atom. The van der Waals surface area contributed by atoms with Gasteiger partial charge in [-0.1, -0.05) is 17.3 Å². The van der Waals surface area contributed by atoms with Gasteiger partial charge in [0.05, 0.1) is 23.5 Å². The van der Waals surface area contributed by atoms with Crippen LogP contribution < -0.4 is 0 Å². The minimum absolute atomic E-state index is 0.253. The average Bonchev–Trinajstić information content (AvgIpc) is 3.48. The minimum Gasteiger partial charge on any atom is -0.369 e. The highest BCUT2D eigenvalue weighted by atomic mass is 19.4. The Hall–Kier alpha value is -4.75. The van der Waals surface area contributed by atoms with Crippen molar-refractivity contribution in [3.8, 4) is 16.8 Å². The van der Waals surface area contributed by atoms with Crippen molar-refractivity contribution in [1.82, 2.24) is 44.4 Å². The van der Waals surface area contributed by atoms with Crippen LogP contribution in [-0.2, 0) is 6.18 Å². The lowest BCUT2D eigenvalue weighted by Gasteiger charge is -2.13. The van der Waals surface area contributed by atoms with Gasteiger partial charge in [-0.3, -0.25) is 0 Å². The first kappa shape index (κ1) is 25.9. The van der Waals surface area contributed by atoms with Gasteiger partial charge in [-0.25, -0.2) is 34.0 Å². The van der Waals surface area contributed by atoms with Crippen LogP contribution in [-0.4, -0.2) is 64.8 Å². The van der Waals surface area contributed by atoms with Crippen LogP contribution in [0.15, 0.2) is 54.2 Å². The molecular weight excluding hydrogens is 516 g/mol. The second kappa shape index (κ2) is 9.85. The van der Waals surface area contributed by atoms with Gasteiger partial charge in [0, 0.05) is 43.8 Å². The van der Waals surface area contributed by atoms with E-state index >= 15 is 0 Å². The summed E-state index contributed by atoms with van der Waals surface area (Å²) >= 11 is 0. The molecule has 0 saturated heterocycles. The number of aromatic nitrogens is 8. The van der Waals surface area contributed by atoms with Crippen molar-refractivity contribution in [1.29, 1.82) is 0 Å². The SMILES string of the molecule is Cc1c(C(C)n2cc(-c3cnc(C(F)(F)F)nc3)c3c(N=CN(C)C)ncnc32)nnn1-c1ccccc1F. The van der Waals surface area contributed by atoms with E-state index in [9.17, 15) is 17.6 Å². The third-order valence-corrected chi connectivity index (χ3v) is 6.04. The van der Waals surface area contributed by atoms with Gasteiger partial charge in [0.1, 0.15) is 29.2 Å². The fraction of sp³-hybridized carbons (Fsp3) is 0.240. The Balaban J connectivity index is 1.67. The molecule has 0 aliphatic heterocycles. The highest BCUT2D eigenvalue weighted by Crippen LogP contribution is 2.38. The van der Waals surface area contributed by atoms with Crippen molar-refractivity contribution in [2.45, 2.75) is 26.1 Å². The number of hydrogen-bond acceptors (Lipinski definition) is 7. The molecule has 4 heterocycles. The van der Waals surface area contributed by atoms with Gasteiger partial charge in [-0.05, 0) is 26.0 Å². The molecule has 4 aromatic heterocycles. The molecular formula is C25H22F4N10. The zero-order valence-electron chi connectivity index (χ0n) is 21.3. The van der Waals surface area contributed by atoms with E-state index in [1.165, 1.54) is 17.1 Å².